The summed E-state index contributed by atoms with van der Waals surface area (Å²) in [4.78, 5) is 12.5. The third-order valence-electron chi connectivity index (χ3n) is 2.78. The average Bonchev–Trinajstić information content (AvgIpc) is 2.39. The lowest BCUT2D eigenvalue weighted by molar-refractivity contribution is -0.385. The molecule has 1 aliphatic heterocycles. The van der Waals surface area contributed by atoms with Crippen molar-refractivity contribution in [3.8, 4) is 5.75 Å². The molecule has 1 aliphatic rings. The van der Waals surface area contributed by atoms with Crippen LogP contribution in [0.1, 0.15) is 6.42 Å². The van der Waals surface area contributed by atoms with E-state index in [1.54, 1.807) is 12.1 Å². The molecule has 1 aromatic carbocycles. The normalized spacial score (nSPS) is 14.8. The zero-order valence-electron chi connectivity index (χ0n) is 9.63. The van der Waals surface area contributed by atoms with E-state index in [4.69, 9.17) is 4.74 Å². The van der Waals surface area contributed by atoms with E-state index in [1.165, 1.54) is 13.2 Å². The first-order chi connectivity index (χ1) is 8.22. The molecule has 0 amide bonds. The minimum Gasteiger partial charge on any atom is -0.490 e. The van der Waals surface area contributed by atoms with Crippen molar-refractivity contribution in [3.05, 3.63) is 40.5 Å². The molecule has 17 heavy (non-hydrogen) atoms. The summed E-state index contributed by atoms with van der Waals surface area (Å²) in [5, 5.41) is 10.8. The first-order valence-electron chi connectivity index (χ1n) is 5.45. The number of ether oxygens (including phenoxy) is 1. The van der Waals surface area contributed by atoms with Gasteiger partial charge >= 0.3 is 5.69 Å². The topological polar surface area (TPSA) is 55.6 Å². The molecule has 0 spiro atoms. The van der Waals surface area contributed by atoms with Crippen molar-refractivity contribution in [2.45, 2.75) is 6.42 Å². The van der Waals surface area contributed by atoms with E-state index in [0.29, 0.717) is 5.75 Å². The van der Waals surface area contributed by atoms with Crippen molar-refractivity contribution in [2.75, 3.05) is 25.1 Å². The molecule has 0 aromatic heterocycles. The number of nitrogens with zero attached hydrogens (tertiary/aromatic N) is 2. The highest BCUT2D eigenvalue weighted by Crippen LogP contribution is 2.31. The molecule has 0 saturated heterocycles. The fourth-order valence-corrected chi connectivity index (χ4v) is 1.89. The van der Waals surface area contributed by atoms with E-state index < -0.39 is 4.92 Å². The second-order valence-corrected chi connectivity index (χ2v) is 3.82. The number of methoxy groups -OCH3 is 1. The molecule has 1 heterocycles. The van der Waals surface area contributed by atoms with Gasteiger partial charge in [-0.3, -0.25) is 10.1 Å². The molecule has 90 valence electrons. The number of rotatable bonds is 3. The van der Waals surface area contributed by atoms with Gasteiger partial charge in [0, 0.05) is 30.9 Å². The Morgan fingerprint density at radius 1 is 1.41 bits per heavy atom. The van der Waals surface area contributed by atoms with Gasteiger partial charge in [0.1, 0.15) is 0 Å². The number of hydrogen-bond donors (Lipinski definition) is 0. The molecule has 2 rings (SSSR count). The Morgan fingerprint density at radius 3 is 2.82 bits per heavy atom. The smallest absolute Gasteiger partial charge is 0.311 e. The summed E-state index contributed by atoms with van der Waals surface area (Å²) >= 11 is 0. The van der Waals surface area contributed by atoms with Crippen LogP contribution in [-0.2, 0) is 0 Å². The Balaban J connectivity index is 2.30. The van der Waals surface area contributed by atoms with Gasteiger partial charge in [0.25, 0.3) is 0 Å². The van der Waals surface area contributed by atoms with Gasteiger partial charge in [-0.25, -0.2) is 0 Å². The highest BCUT2D eigenvalue weighted by Gasteiger charge is 2.17. The lowest BCUT2D eigenvalue weighted by Crippen LogP contribution is -2.26. The van der Waals surface area contributed by atoms with E-state index in [2.05, 4.69) is 17.1 Å². The molecule has 0 N–H and O–H groups in total. The van der Waals surface area contributed by atoms with E-state index in [9.17, 15) is 10.1 Å². The van der Waals surface area contributed by atoms with E-state index in [1.807, 2.05) is 0 Å². The maximum Gasteiger partial charge on any atom is 0.311 e. The van der Waals surface area contributed by atoms with Crippen LogP contribution in [0, 0.1) is 10.1 Å². The third-order valence-corrected chi connectivity index (χ3v) is 2.78. The van der Waals surface area contributed by atoms with Gasteiger partial charge in [0.2, 0.25) is 0 Å². The monoisotopic (exact) mass is 234 g/mol. The zero-order valence-corrected chi connectivity index (χ0v) is 9.63. The number of nitro benzene ring substituents is 1. The van der Waals surface area contributed by atoms with Crippen LogP contribution in [0.3, 0.4) is 0 Å². The minimum atomic E-state index is -0.432. The SMILES string of the molecule is COc1cc(N2CC=CCC2)ccc1[N+](=O)[O-]. The summed E-state index contributed by atoms with van der Waals surface area (Å²) in [6, 6.07) is 4.98. The van der Waals surface area contributed by atoms with Gasteiger partial charge in [0.05, 0.1) is 12.0 Å². The van der Waals surface area contributed by atoms with Crippen molar-refractivity contribution < 1.29 is 9.66 Å². The lowest BCUT2D eigenvalue weighted by atomic mass is 10.2. The van der Waals surface area contributed by atoms with Gasteiger partial charge in [0.15, 0.2) is 5.75 Å². The molecule has 0 radical (unpaired) electrons. The molecule has 5 nitrogen and oxygen atoms in total. The fraction of sp³-hybridized carbons (Fsp3) is 0.333. The predicted molar refractivity (Wildman–Crippen MR) is 65.6 cm³/mol. The molecule has 1 aromatic rings. The minimum absolute atomic E-state index is 0.00352. The van der Waals surface area contributed by atoms with Crippen molar-refractivity contribution in [2.24, 2.45) is 0 Å². The van der Waals surface area contributed by atoms with E-state index in [0.717, 1.165) is 25.2 Å². The molecule has 0 aliphatic carbocycles. The standard InChI is InChI=1S/C12H14N2O3/c1-17-12-9-10(5-6-11(12)14(15)16)13-7-3-2-4-8-13/h2-3,5-6,9H,4,7-8H2,1H3. The molecular weight excluding hydrogens is 220 g/mol. The zero-order chi connectivity index (χ0) is 12.3. The molecule has 0 fully saturated rings. The van der Waals surface area contributed by atoms with Crippen molar-refractivity contribution in [1.82, 2.24) is 0 Å². The van der Waals surface area contributed by atoms with Crippen molar-refractivity contribution in [1.29, 1.82) is 0 Å². The maximum atomic E-state index is 10.8. The molecule has 5 heteroatoms. The second-order valence-electron chi connectivity index (χ2n) is 3.82. The van der Waals surface area contributed by atoms with Crippen LogP contribution in [0.4, 0.5) is 11.4 Å². The maximum absolute atomic E-state index is 10.8. The summed E-state index contributed by atoms with van der Waals surface area (Å²) in [7, 11) is 1.45. The summed E-state index contributed by atoms with van der Waals surface area (Å²) in [6.45, 7) is 1.76. The van der Waals surface area contributed by atoms with Crippen LogP contribution in [0.5, 0.6) is 5.75 Å². The summed E-state index contributed by atoms with van der Waals surface area (Å²) in [6.07, 6.45) is 5.23. The molecule has 0 unspecified atom stereocenters. The van der Waals surface area contributed by atoms with E-state index >= 15 is 0 Å². The number of nitro groups is 1. The van der Waals surface area contributed by atoms with E-state index in [-0.39, 0.29) is 5.69 Å². The second kappa shape index (κ2) is 4.86. The Hall–Kier alpha value is -2.04. The molecule has 0 atom stereocenters. The first-order valence-corrected chi connectivity index (χ1v) is 5.45. The largest absolute Gasteiger partial charge is 0.490 e. The Morgan fingerprint density at radius 2 is 2.24 bits per heavy atom. The van der Waals surface area contributed by atoms with Crippen molar-refractivity contribution in [3.63, 3.8) is 0 Å². The first kappa shape index (κ1) is 11.4. The summed E-state index contributed by atoms with van der Waals surface area (Å²) in [5.74, 6) is 0.307. The molecule has 0 bridgehead atoms. The van der Waals surface area contributed by atoms with Gasteiger partial charge in [-0.15, -0.1) is 0 Å². The Labute approximate surface area is 99.5 Å². The lowest BCUT2D eigenvalue weighted by Gasteiger charge is -2.25. The summed E-state index contributed by atoms with van der Waals surface area (Å²) in [5.41, 5.74) is 0.959. The van der Waals surface area contributed by atoms with Crippen LogP contribution >= 0.6 is 0 Å². The van der Waals surface area contributed by atoms with Gasteiger partial charge in [-0.05, 0) is 12.5 Å². The quantitative estimate of drug-likeness (QED) is 0.457. The highest BCUT2D eigenvalue weighted by molar-refractivity contribution is 5.59. The van der Waals surface area contributed by atoms with Crippen LogP contribution in [0.2, 0.25) is 0 Å². The fourth-order valence-electron chi connectivity index (χ4n) is 1.89. The van der Waals surface area contributed by atoms with Crippen LogP contribution in [0.25, 0.3) is 0 Å². The predicted octanol–water partition coefficient (Wildman–Crippen LogP) is 2.37. The average molecular weight is 234 g/mol. The van der Waals surface area contributed by atoms with Gasteiger partial charge in [-0.2, -0.15) is 0 Å². The highest BCUT2D eigenvalue weighted by atomic mass is 16.6. The number of anilines is 1. The van der Waals surface area contributed by atoms with Crippen molar-refractivity contribution >= 4 is 11.4 Å². The van der Waals surface area contributed by atoms with Crippen LogP contribution in [0.15, 0.2) is 30.4 Å². The van der Waals surface area contributed by atoms with Gasteiger partial charge in [-0.1, -0.05) is 12.2 Å². The molecular formula is C12H14N2O3. The Bertz CT molecular complexity index is 457. The van der Waals surface area contributed by atoms with Crippen LogP contribution < -0.4 is 9.64 Å². The van der Waals surface area contributed by atoms with Gasteiger partial charge < -0.3 is 9.64 Å². The number of benzene rings is 1. The molecule has 0 saturated carbocycles. The number of hydrogen-bond acceptors (Lipinski definition) is 4. The summed E-state index contributed by atoms with van der Waals surface area (Å²) < 4.78 is 5.05. The third kappa shape index (κ3) is 2.38. The van der Waals surface area contributed by atoms with Crippen LogP contribution in [-0.4, -0.2) is 25.1 Å². The Kier molecular flexibility index (Phi) is 3.27.